The molecule has 0 aliphatic carbocycles. The highest BCUT2D eigenvalue weighted by Crippen LogP contribution is 2.01. The Morgan fingerprint density at radius 2 is 1.94 bits per heavy atom. The van der Waals surface area contributed by atoms with Gasteiger partial charge in [-0.15, -0.1) is 0 Å². The third kappa shape index (κ3) is 8.12. The average molecular weight is 265 g/mol. The van der Waals surface area contributed by atoms with Gasteiger partial charge in [0.2, 0.25) is 15.9 Å². The fourth-order valence-corrected chi connectivity index (χ4v) is 2.09. The van der Waals surface area contributed by atoms with E-state index in [-0.39, 0.29) is 36.6 Å². The predicted molar refractivity (Wildman–Crippen MR) is 67.9 cm³/mol. The van der Waals surface area contributed by atoms with Gasteiger partial charge in [0.25, 0.3) is 0 Å². The maximum Gasteiger partial charge on any atom is 0.221 e. The molecule has 0 saturated heterocycles. The summed E-state index contributed by atoms with van der Waals surface area (Å²) in [5.41, 5.74) is 5.73. The minimum atomic E-state index is -3.27. The third-order valence-electron chi connectivity index (χ3n) is 2.33. The molecule has 0 bridgehead atoms. The van der Waals surface area contributed by atoms with Crippen molar-refractivity contribution in [2.75, 3.05) is 18.8 Å². The zero-order valence-corrected chi connectivity index (χ0v) is 11.5. The van der Waals surface area contributed by atoms with Gasteiger partial charge in [-0.3, -0.25) is 4.79 Å². The number of nitrogens with one attached hydrogen (secondary N) is 2. The van der Waals surface area contributed by atoms with E-state index in [1.165, 1.54) is 0 Å². The second-order valence-electron chi connectivity index (χ2n) is 4.28. The molecule has 7 heteroatoms. The molecule has 0 spiro atoms. The molecular weight excluding hydrogens is 242 g/mol. The second-order valence-corrected chi connectivity index (χ2v) is 6.21. The Labute approximate surface area is 103 Å². The zero-order valence-electron chi connectivity index (χ0n) is 10.7. The van der Waals surface area contributed by atoms with Gasteiger partial charge in [-0.25, -0.2) is 13.1 Å². The highest BCUT2D eigenvalue weighted by atomic mass is 32.2. The van der Waals surface area contributed by atoms with E-state index >= 15 is 0 Å². The van der Waals surface area contributed by atoms with Crippen molar-refractivity contribution in [1.29, 1.82) is 0 Å². The summed E-state index contributed by atoms with van der Waals surface area (Å²) in [7, 11) is -3.27. The van der Waals surface area contributed by atoms with Gasteiger partial charge >= 0.3 is 0 Å². The van der Waals surface area contributed by atoms with Crippen LogP contribution in [0.3, 0.4) is 0 Å². The van der Waals surface area contributed by atoms with Gasteiger partial charge in [0, 0.05) is 25.6 Å². The lowest BCUT2D eigenvalue weighted by molar-refractivity contribution is -0.121. The first-order valence-corrected chi connectivity index (χ1v) is 7.43. The largest absolute Gasteiger partial charge is 0.355 e. The molecule has 102 valence electrons. The van der Waals surface area contributed by atoms with Crippen LogP contribution in [0.2, 0.25) is 0 Å². The normalized spacial score (nSPS) is 13.7. The highest BCUT2D eigenvalue weighted by Gasteiger charge is 2.14. The molecule has 0 aliphatic heterocycles. The van der Waals surface area contributed by atoms with Crippen molar-refractivity contribution in [3.63, 3.8) is 0 Å². The Bertz CT molecular complexity index is 328. The van der Waals surface area contributed by atoms with Gasteiger partial charge in [-0.05, 0) is 5.92 Å². The molecule has 17 heavy (non-hydrogen) atoms. The molecule has 0 saturated carbocycles. The first-order chi connectivity index (χ1) is 7.78. The number of amides is 1. The zero-order chi connectivity index (χ0) is 13.5. The van der Waals surface area contributed by atoms with Gasteiger partial charge in [-0.1, -0.05) is 20.8 Å². The summed E-state index contributed by atoms with van der Waals surface area (Å²) in [6.07, 6.45) is 0.221. The molecular formula is C10H23N3O3S. The molecule has 0 aromatic heterocycles. The fourth-order valence-electron chi connectivity index (χ4n) is 1.14. The van der Waals surface area contributed by atoms with Gasteiger partial charge < -0.3 is 11.1 Å². The van der Waals surface area contributed by atoms with E-state index in [9.17, 15) is 13.2 Å². The van der Waals surface area contributed by atoms with Crippen molar-refractivity contribution in [1.82, 2.24) is 10.0 Å². The smallest absolute Gasteiger partial charge is 0.221 e. The number of rotatable bonds is 8. The molecule has 6 nitrogen and oxygen atoms in total. The summed E-state index contributed by atoms with van der Waals surface area (Å²) in [6, 6.07) is -0.194. The number of carbonyl (C=O) groups is 1. The van der Waals surface area contributed by atoms with E-state index in [0.29, 0.717) is 6.54 Å². The minimum Gasteiger partial charge on any atom is -0.355 e. The van der Waals surface area contributed by atoms with Crippen LogP contribution in [-0.2, 0) is 14.8 Å². The minimum absolute atomic E-state index is 0.108. The van der Waals surface area contributed by atoms with Crippen molar-refractivity contribution >= 4 is 15.9 Å². The van der Waals surface area contributed by atoms with E-state index in [4.69, 9.17) is 5.73 Å². The lowest BCUT2D eigenvalue weighted by Crippen LogP contribution is -2.38. The quantitative estimate of drug-likeness (QED) is 0.546. The van der Waals surface area contributed by atoms with Gasteiger partial charge in [0.05, 0.1) is 5.75 Å². The van der Waals surface area contributed by atoms with Crippen molar-refractivity contribution in [3.8, 4) is 0 Å². The molecule has 0 fully saturated rings. The van der Waals surface area contributed by atoms with Crippen LogP contribution in [0.4, 0.5) is 0 Å². The summed E-state index contributed by atoms with van der Waals surface area (Å²) in [4.78, 5) is 11.4. The van der Waals surface area contributed by atoms with Crippen molar-refractivity contribution < 1.29 is 13.2 Å². The number of hydrogen-bond donors (Lipinski definition) is 3. The fraction of sp³-hybridized carbons (Fsp3) is 0.900. The Balaban J connectivity index is 3.87. The van der Waals surface area contributed by atoms with Gasteiger partial charge in [0.1, 0.15) is 0 Å². The maximum atomic E-state index is 11.4. The predicted octanol–water partition coefficient (Wildman–Crippen LogP) is -0.585. The monoisotopic (exact) mass is 265 g/mol. The van der Waals surface area contributed by atoms with Crippen molar-refractivity contribution in [3.05, 3.63) is 0 Å². The van der Waals surface area contributed by atoms with Crippen LogP contribution in [0.15, 0.2) is 0 Å². The highest BCUT2D eigenvalue weighted by molar-refractivity contribution is 7.89. The SMILES string of the molecule is CCNS(=O)(=O)CCNC(=O)CC(N)C(C)C. The summed E-state index contributed by atoms with van der Waals surface area (Å²) in [5.74, 6) is -0.0899. The summed E-state index contributed by atoms with van der Waals surface area (Å²) in [5, 5.41) is 2.54. The van der Waals surface area contributed by atoms with Gasteiger partial charge in [0.15, 0.2) is 0 Å². The Hall–Kier alpha value is -0.660. The summed E-state index contributed by atoms with van der Waals surface area (Å²) < 4.78 is 24.9. The maximum absolute atomic E-state index is 11.4. The number of carbonyl (C=O) groups excluding carboxylic acids is 1. The topological polar surface area (TPSA) is 101 Å². The van der Waals surface area contributed by atoms with Crippen LogP contribution in [0, 0.1) is 5.92 Å². The molecule has 1 unspecified atom stereocenters. The molecule has 0 aliphatic rings. The summed E-state index contributed by atoms with van der Waals surface area (Å²) >= 11 is 0. The first kappa shape index (κ1) is 16.3. The molecule has 1 amide bonds. The van der Waals surface area contributed by atoms with E-state index in [2.05, 4.69) is 10.0 Å². The Morgan fingerprint density at radius 1 is 1.35 bits per heavy atom. The van der Waals surface area contributed by atoms with Crippen molar-refractivity contribution in [2.24, 2.45) is 11.7 Å². The van der Waals surface area contributed by atoms with Crippen LogP contribution in [0.25, 0.3) is 0 Å². The van der Waals surface area contributed by atoms with E-state index < -0.39 is 10.0 Å². The van der Waals surface area contributed by atoms with Crippen LogP contribution in [0.5, 0.6) is 0 Å². The van der Waals surface area contributed by atoms with Crippen LogP contribution in [0.1, 0.15) is 27.2 Å². The molecule has 4 N–H and O–H groups in total. The van der Waals surface area contributed by atoms with Crippen LogP contribution < -0.4 is 15.8 Å². The van der Waals surface area contributed by atoms with E-state index in [1.54, 1.807) is 6.92 Å². The molecule has 1 atom stereocenters. The first-order valence-electron chi connectivity index (χ1n) is 5.78. The lowest BCUT2D eigenvalue weighted by atomic mass is 10.0. The Morgan fingerprint density at radius 3 is 2.41 bits per heavy atom. The molecule has 0 radical (unpaired) electrons. The second kappa shape index (κ2) is 7.62. The Kier molecular flexibility index (Phi) is 7.33. The lowest BCUT2D eigenvalue weighted by Gasteiger charge is -2.15. The third-order valence-corrected chi connectivity index (χ3v) is 3.80. The van der Waals surface area contributed by atoms with Crippen molar-refractivity contribution in [2.45, 2.75) is 33.2 Å². The van der Waals surface area contributed by atoms with E-state index in [1.807, 2.05) is 13.8 Å². The molecule has 0 rings (SSSR count). The van der Waals surface area contributed by atoms with Crippen LogP contribution in [-0.4, -0.2) is 39.2 Å². The average Bonchev–Trinajstić information content (AvgIpc) is 2.16. The molecule has 0 aromatic rings. The van der Waals surface area contributed by atoms with Gasteiger partial charge in [-0.2, -0.15) is 0 Å². The summed E-state index contributed by atoms with van der Waals surface area (Å²) in [6.45, 7) is 6.05. The van der Waals surface area contributed by atoms with Crippen LogP contribution >= 0.6 is 0 Å². The van der Waals surface area contributed by atoms with E-state index in [0.717, 1.165) is 0 Å². The number of nitrogens with two attached hydrogens (primary N) is 1. The molecule has 0 aromatic carbocycles. The standard InChI is InChI=1S/C10H23N3O3S/c1-4-13-17(15,16)6-5-12-10(14)7-9(11)8(2)3/h8-9,13H,4-7,11H2,1-3H3,(H,12,14). The molecule has 0 heterocycles. The number of hydrogen-bond acceptors (Lipinski definition) is 4. The number of sulfonamides is 1.